The second kappa shape index (κ2) is 9.69. The quantitative estimate of drug-likeness (QED) is 0.607. The predicted molar refractivity (Wildman–Crippen MR) is 118 cm³/mol. The van der Waals surface area contributed by atoms with E-state index in [4.69, 9.17) is 4.98 Å². The molecule has 4 rings (SSSR count). The van der Waals surface area contributed by atoms with Gasteiger partial charge in [0.15, 0.2) is 0 Å². The van der Waals surface area contributed by atoms with Crippen molar-refractivity contribution in [3.8, 4) is 0 Å². The van der Waals surface area contributed by atoms with Gasteiger partial charge in [-0.15, -0.1) is 11.8 Å². The number of carbonyl (C=O) groups excluding carboxylic acids is 1. The smallest absolute Gasteiger partial charge is 0.304 e. The Kier molecular flexibility index (Phi) is 6.98. The van der Waals surface area contributed by atoms with Crippen molar-refractivity contribution in [2.24, 2.45) is 0 Å². The van der Waals surface area contributed by atoms with E-state index in [1.807, 2.05) is 12.1 Å². The van der Waals surface area contributed by atoms with Crippen molar-refractivity contribution < 1.29 is 14.7 Å². The summed E-state index contributed by atoms with van der Waals surface area (Å²) in [4.78, 5) is 29.7. The number of nitrogens with zero attached hydrogens (tertiary/aromatic N) is 1. The van der Waals surface area contributed by atoms with Crippen molar-refractivity contribution in [2.45, 2.75) is 92.4 Å². The molecule has 0 unspecified atom stereocenters. The van der Waals surface area contributed by atoms with Gasteiger partial charge in [0.25, 0.3) is 5.91 Å². The SMILES string of the molecule is O=C(O)C[C@@]1(c2ccc(C(=O)NC3CCCCC3)c(SC3CCCC3)n2)CCNC1. The number of hydrogen-bond donors (Lipinski definition) is 3. The van der Waals surface area contributed by atoms with Crippen LogP contribution in [0.1, 0.15) is 86.7 Å². The monoisotopic (exact) mass is 431 g/mol. The molecule has 0 spiro atoms. The Morgan fingerprint density at radius 3 is 2.53 bits per heavy atom. The lowest BCUT2D eigenvalue weighted by atomic mass is 9.80. The number of thioether (sulfide) groups is 1. The minimum atomic E-state index is -0.801. The average molecular weight is 432 g/mol. The maximum Gasteiger partial charge on any atom is 0.304 e. The third kappa shape index (κ3) is 4.99. The highest BCUT2D eigenvalue weighted by Gasteiger charge is 2.40. The molecular formula is C23H33N3O3S. The van der Waals surface area contributed by atoms with Gasteiger partial charge in [-0.2, -0.15) is 0 Å². The van der Waals surface area contributed by atoms with Crippen LogP contribution in [0.15, 0.2) is 17.2 Å². The van der Waals surface area contributed by atoms with Crippen molar-refractivity contribution in [3.05, 3.63) is 23.4 Å². The van der Waals surface area contributed by atoms with Gasteiger partial charge >= 0.3 is 5.97 Å². The van der Waals surface area contributed by atoms with E-state index in [1.165, 1.54) is 32.1 Å². The Morgan fingerprint density at radius 2 is 1.87 bits per heavy atom. The van der Waals surface area contributed by atoms with Gasteiger partial charge in [-0.05, 0) is 50.8 Å². The zero-order chi connectivity index (χ0) is 21.0. The van der Waals surface area contributed by atoms with E-state index in [0.717, 1.165) is 49.4 Å². The molecule has 2 saturated carbocycles. The standard InChI is InChI=1S/C23H33N3O3S/c27-20(28)14-23(12-13-24-15-23)19-11-10-18(21(29)25-16-6-2-1-3-7-16)22(26-19)30-17-8-4-5-9-17/h10-11,16-17,24H,1-9,12-15H2,(H,25,29)(H,27,28)/t23-/m0/s1. The van der Waals surface area contributed by atoms with Crippen LogP contribution in [0.2, 0.25) is 0 Å². The van der Waals surface area contributed by atoms with E-state index in [0.29, 0.717) is 17.4 Å². The highest BCUT2D eigenvalue weighted by Crippen LogP contribution is 2.39. The molecule has 1 atom stereocenters. The molecule has 2 aliphatic carbocycles. The lowest BCUT2D eigenvalue weighted by Gasteiger charge is -2.27. The molecule has 1 amide bonds. The number of carbonyl (C=O) groups is 2. The minimum Gasteiger partial charge on any atom is -0.481 e. The number of carboxylic acids is 1. The maximum absolute atomic E-state index is 13.1. The van der Waals surface area contributed by atoms with E-state index in [2.05, 4.69) is 10.6 Å². The summed E-state index contributed by atoms with van der Waals surface area (Å²) in [6, 6.07) is 4.04. The Labute approximate surface area is 183 Å². The van der Waals surface area contributed by atoms with Crippen molar-refractivity contribution in [1.82, 2.24) is 15.6 Å². The van der Waals surface area contributed by atoms with Gasteiger partial charge in [0.2, 0.25) is 0 Å². The maximum atomic E-state index is 13.1. The molecule has 0 aromatic carbocycles. The molecule has 1 aliphatic heterocycles. The third-order valence-corrected chi connectivity index (χ3v) is 8.24. The van der Waals surface area contributed by atoms with Crippen LogP contribution in [0.4, 0.5) is 0 Å². The fourth-order valence-corrected chi connectivity index (χ4v) is 6.49. The highest BCUT2D eigenvalue weighted by molar-refractivity contribution is 7.99. The zero-order valence-electron chi connectivity index (χ0n) is 17.6. The summed E-state index contributed by atoms with van der Waals surface area (Å²) in [5.74, 6) is -0.831. The van der Waals surface area contributed by atoms with Crippen LogP contribution in [0.25, 0.3) is 0 Å². The van der Waals surface area contributed by atoms with Gasteiger partial charge in [-0.1, -0.05) is 32.1 Å². The number of aliphatic carboxylic acids is 1. The normalized spacial score (nSPS) is 25.5. The lowest BCUT2D eigenvalue weighted by Crippen LogP contribution is -2.37. The molecule has 30 heavy (non-hydrogen) atoms. The topological polar surface area (TPSA) is 91.3 Å². The summed E-state index contributed by atoms with van der Waals surface area (Å²) >= 11 is 1.72. The summed E-state index contributed by atoms with van der Waals surface area (Å²) < 4.78 is 0. The number of nitrogens with one attached hydrogen (secondary N) is 2. The second-order valence-corrected chi connectivity index (χ2v) is 10.4. The van der Waals surface area contributed by atoms with Gasteiger partial charge in [-0.25, -0.2) is 4.98 Å². The van der Waals surface area contributed by atoms with Crippen LogP contribution in [0.5, 0.6) is 0 Å². The van der Waals surface area contributed by atoms with Crippen molar-refractivity contribution in [2.75, 3.05) is 13.1 Å². The molecule has 6 nitrogen and oxygen atoms in total. The molecule has 3 aliphatic rings. The molecule has 2 heterocycles. The van der Waals surface area contributed by atoms with Gasteiger partial charge in [0, 0.05) is 28.9 Å². The van der Waals surface area contributed by atoms with Gasteiger partial charge < -0.3 is 15.7 Å². The minimum absolute atomic E-state index is 0.0294. The largest absolute Gasteiger partial charge is 0.481 e. The first kappa shape index (κ1) is 21.6. The van der Waals surface area contributed by atoms with E-state index in [1.54, 1.807) is 11.8 Å². The number of carboxylic acid groups (broad SMARTS) is 1. The summed E-state index contributed by atoms with van der Waals surface area (Å²) in [5.41, 5.74) is 0.970. The Balaban J connectivity index is 1.61. The van der Waals surface area contributed by atoms with Crippen LogP contribution >= 0.6 is 11.8 Å². The van der Waals surface area contributed by atoms with E-state index >= 15 is 0 Å². The van der Waals surface area contributed by atoms with E-state index in [-0.39, 0.29) is 18.4 Å². The number of hydrogen-bond acceptors (Lipinski definition) is 5. The molecule has 3 fully saturated rings. The Bertz CT molecular complexity index is 767. The zero-order valence-corrected chi connectivity index (χ0v) is 18.4. The number of amides is 1. The van der Waals surface area contributed by atoms with E-state index in [9.17, 15) is 14.7 Å². The second-order valence-electron chi connectivity index (χ2n) is 9.16. The van der Waals surface area contributed by atoms with Gasteiger partial charge in [0.05, 0.1) is 12.0 Å². The Morgan fingerprint density at radius 1 is 1.13 bits per heavy atom. The van der Waals surface area contributed by atoms with Crippen LogP contribution in [0, 0.1) is 0 Å². The van der Waals surface area contributed by atoms with Gasteiger partial charge in [-0.3, -0.25) is 9.59 Å². The molecule has 0 radical (unpaired) electrons. The molecule has 164 valence electrons. The first-order valence-electron chi connectivity index (χ1n) is 11.5. The summed E-state index contributed by atoms with van der Waals surface area (Å²) in [6.07, 6.45) is 11.3. The predicted octanol–water partition coefficient (Wildman–Crippen LogP) is 3.88. The molecule has 1 aromatic heterocycles. The fourth-order valence-electron chi connectivity index (χ4n) is 5.17. The van der Waals surface area contributed by atoms with Crippen LogP contribution in [-0.2, 0) is 10.2 Å². The van der Waals surface area contributed by atoms with Gasteiger partial charge in [0.1, 0.15) is 5.03 Å². The number of aromatic nitrogens is 1. The van der Waals surface area contributed by atoms with Crippen LogP contribution < -0.4 is 10.6 Å². The first-order valence-corrected chi connectivity index (χ1v) is 12.4. The molecule has 0 bridgehead atoms. The number of rotatable bonds is 7. The summed E-state index contributed by atoms with van der Waals surface area (Å²) in [5, 5.41) is 17.3. The summed E-state index contributed by atoms with van der Waals surface area (Å²) in [6.45, 7) is 1.41. The lowest BCUT2D eigenvalue weighted by molar-refractivity contribution is -0.138. The third-order valence-electron chi connectivity index (χ3n) is 6.90. The number of pyridine rings is 1. The van der Waals surface area contributed by atoms with Crippen LogP contribution in [0.3, 0.4) is 0 Å². The average Bonchev–Trinajstić information content (AvgIpc) is 3.41. The van der Waals surface area contributed by atoms with E-state index < -0.39 is 11.4 Å². The highest BCUT2D eigenvalue weighted by atomic mass is 32.2. The molecular weight excluding hydrogens is 398 g/mol. The Hall–Kier alpha value is -1.60. The fraction of sp³-hybridized carbons (Fsp3) is 0.696. The molecule has 1 aromatic rings. The van der Waals surface area contributed by atoms with Crippen molar-refractivity contribution in [3.63, 3.8) is 0 Å². The molecule has 7 heteroatoms. The summed E-state index contributed by atoms with van der Waals surface area (Å²) in [7, 11) is 0. The van der Waals surface area contributed by atoms with Crippen molar-refractivity contribution in [1.29, 1.82) is 0 Å². The first-order chi connectivity index (χ1) is 14.6. The van der Waals surface area contributed by atoms with Crippen molar-refractivity contribution >= 4 is 23.6 Å². The molecule has 1 saturated heterocycles. The van der Waals surface area contributed by atoms with Crippen LogP contribution in [-0.4, -0.2) is 46.3 Å². The molecule has 3 N–H and O–H groups in total.